The minimum absolute atomic E-state index is 0.740. The monoisotopic (exact) mass is 246 g/mol. The summed E-state index contributed by atoms with van der Waals surface area (Å²) in [6.45, 7) is 3.36. The number of imidazole rings is 1. The Balaban J connectivity index is 2.03. The minimum Gasteiger partial charge on any atom is -0.334 e. The highest BCUT2D eigenvalue weighted by Gasteiger charge is 2.18. The molecule has 0 amide bonds. The second kappa shape index (κ2) is 4.19. The van der Waals surface area contributed by atoms with E-state index in [2.05, 4.69) is 17.7 Å². The van der Waals surface area contributed by atoms with Crippen LogP contribution in [0.1, 0.15) is 19.2 Å². The summed E-state index contributed by atoms with van der Waals surface area (Å²) in [5.41, 5.74) is 2.03. The summed E-state index contributed by atoms with van der Waals surface area (Å²) in [6, 6.07) is 7.89. The maximum atomic E-state index is 6.20. The summed E-state index contributed by atoms with van der Waals surface area (Å²) in [5, 5.41) is 0.774. The molecule has 3 rings (SSSR count). The number of fused-ring (bicyclic) bond motifs is 1. The van der Waals surface area contributed by atoms with Crippen LogP contribution in [0, 0.1) is 5.92 Å². The van der Waals surface area contributed by atoms with Gasteiger partial charge in [-0.25, -0.2) is 4.98 Å². The zero-order chi connectivity index (χ0) is 11.8. The van der Waals surface area contributed by atoms with Crippen molar-refractivity contribution in [3.8, 4) is 11.3 Å². The number of hydrogen-bond donors (Lipinski definition) is 0. The maximum Gasteiger partial charge on any atom is 0.109 e. The minimum atomic E-state index is 0.740. The average Bonchev–Trinajstić information content (AvgIpc) is 2.72. The third kappa shape index (κ3) is 1.98. The molecule has 3 heteroatoms. The van der Waals surface area contributed by atoms with E-state index in [-0.39, 0.29) is 0 Å². The van der Waals surface area contributed by atoms with Gasteiger partial charge in [-0.1, -0.05) is 36.7 Å². The van der Waals surface area contributed by atoms with Crippen molar-refractivity contribution in [2.45, 2.75) is 26.3 Å². The molecule has 0 radical (unpaired) electrons. The van der Waals surface area contributed by atoms with Gasteiger partial charge < -0.3 is 4.57 Å². The van der Waals surface area contributed by atoms with Gasteiger partial charge in [-0.3, -0.25) is 0 Å². The standard InChI is InChI=1S/C14H15ClN2/c1-10-6-7-17-9-13(16-14(17)8-10)11-4-2-3-5-12(11)15/h2-5,9-10H,6-8H2,1H3. The zero-order valence-corrected chi connectivity index (χ0v) is 10.6. The third-order valence-corrected chi connectivity index (χ3v) is 3.73. The highest BCUT2D eigenvalue weighted by Crippen LogP contribution is 2.29. The lowest BCUT2D eigenvalue weighted by Gasteiger charge is -2.18. The van der Waals surface area contributed by atoms with Crippen LogP contribution in [0.15, 0.2) is 30.5 Å². The van der Waals surface area contributed by atoms with Gasteiger partial charge in [0.15, 0.2) is 0 Å². The second-order valence-electron chi connectivity index (χ2n) is 4.81. The molecule has 2 nitrogen and oxygen atoms in total. The highest BCUT2D eigenvalue weighted by molar-refractivity contribution is 6.33. The fourth-order valence-electron chi connectivity index (χ4n) is 2.38. The van der Waals surface area contributed by atoms with E-state index < -0.39 is 0 Å². The number of nitrogens with zero attached hydrogens (tertiary/aromatic N) is 2. The molecule has 0 aliphatic carbocycles. The molecule has 2 heterocycles. The van der Waals surface area contributed by atoms with Crippen LogP contribution in [0.25, 0.3) is 11.3 Å². The van der Waals surface area contributed by atoms with Crippen LogP contribution in [0.5, 0.6) is 0 Å². The van der Waals surface area contributed by atoms with Gasteiger partial charge in [0.05, 0.1) is 10.7 Å². The van der Waals surface area contributed by atoms with Gasteiger partial charge in [0, 0.05) is 24.7 Å². The molecule has 1 atom stereocenters. The summed E-state index contributed by atoms with van der Waals surface area (Å²) in [7, 11) is 0. The lowest BCUT2D eigenvalue weighted by molar-refractivity contribution is 0.409. The van der Waals surface area contributed by atoms with Gasteiger partial charge in [0.1, 0.15) is 5.82 Å². The summed E-state index contributed by atoms with van der Waals surface area (Å²) in [6.07, 6.45) is 4.44. The Morgan fingerprint density at radius 2 is 2.18 bits per heavy atom. The van der Waals surface area contributed by atoms with Crippen LogP contribution in [0.2, 0.25) is 5.02 Å². The normalized spacial score (nSPS) is 19.1. The van der Waals surface area contributed by atoms with E-state index in [1.807, 2.05) is 24.3 Å². The molecule has 2 aromatic rings. The van der Waals surface area contributed by atoms with E-state index >= 15 is 0 Å². The summed E-state index contributed by atoms with van der Waals surface area (Å²) in [5.74, 6) is 1.93. The molecule has 0 spiro atoms. The van der Waals surface area contributed by atoms with Gasteiger partial charge >= 0.3 is 0 Å². The lowest BCUT2D eigenvalue weighted by atomic mass is 10.0. The summed E-state index contributed by atoms with van der Waals surface area (Å²) >= 11 is 6.20. The van der Waals surface area contributed by atoms with Crippen molar-refractivity contribution in [1.29, 1.82) is 0 Å². The quantitative estimate of drug-likeness (QED) is 0.749. The number of aromatic nitrogens is 2. The van der Waals surface area contributed by atoms with E-state index in [4.69, 9.17) is 16.6 Å². The fraction of sp³-hybridized carbons (Fsp3) is 0.357. The van der Waals surface area contributed by atoms with Crippen molar-refractivity contribution in [3.63, 3.8) is 0 Å². The Morgan fingerprint density at radius 3 is 3.00 bits per heavy atom. The Kier molecular flexibility index (Phi) is 2.67. The maximum absolute atomic E-state index is 6.20. The molecule has 0 saturated heterocycles. The van der Waals surface area contributed by atoms with Gasteiger partial charge in [-0.05, 0) is 18.4 Å². The van der Waals surface area contributed by atoms with Crippen LogP contribution >= 0.6 is 11.6 Å². The molecule has 1 aromatic heterocycles. The number of halogens is 1. The van der Waals surface area contributed by atoms with Crippen LogP contribution < -0.4 is 0 Å². The first-order valence-electron chi connectivity index (χ1n) is 6.05. The SMILES string of the molecule is CC1CCn2cc(-c3ccccc3Cl)nc2C1. The molecule has 0 saturated carbocycles. The summed E-state index contributed by atoms with van der Waals surface area (Å²) in [4.78, 5) is 4.71. The number of rotatable bonds is 1. The molecule has 0 fully saturated rings. The van der Waals surface area contributed by atoms with Crippen LogP contribution in [0.4, 0.5) is 0 Å². The van der Waals surface area contributed by atoms with E-state index in [1.54, 1.807) is 0 Å². The first-order valence-corrected chi connectivity index (χ1v) is 6.43. The topological polar surface area (TPSA) is 17.8 Å². The van der Waals surface area contributed by atoms with E-state index in [0.29, 0.717) is 0 Å². The molecule has 1 unspecified atom stereocenters. The zero-order valence-electron chi connectivity index (χ0n) is 9.86. The Morgan fingerprint density at radius 1 is 1.35 bits per heavy atom. The van der Waals surface area contributed by atoms with E-state index in [0.717, 1.165) is 35.2 Å². The largest absolute Gasteiger partial charge is 0.334 e. The molecular weight excluding hydrogens is 232 g/mol. The van der Waals surface area contributed by atoms with Crippen LogP contribution in [-0.2, 0) is 13.0 Å². The first kappa shape index (κ1) is 10.8. The van der Waals surface area contributed by atoms with Gasteiger partial charge in [0.25, 0.3) is 0 Å². The predicted octanol–water partition coefficient (Wildman–Crippen LogP) is 3.79. The molecule has 17 heavy (non-hydrogen) atoms. The third-order valence-electron chi connectivity index (χ3n) is 3.40. The van der Waals surface area contributed by atoms with Gasteiger partial charge in [-0.2, -0.15) is 0 Å². The molecule has 0 N–H and O–H groups in total. The van der Waals surface area contributed by atoms with Crippen molar-refractivity contribution in [2.75, 3.05) is 0 Å². The molecule has 1 aliphatic rings. The van der Waals surface area contributed by atoms with Crippen LogP contribution in [0.3, 0.4) is 0 Å². The highest BCUT2D eigenvalue weighted by atomic mass is 35.5. The number of hydrogen-bond acceptors (Lipinski definition) is 1. The van der Waals surface area contributed by atoms with E-state index in [1.165, 1.54) is 12.2 Å². The van der Waals surface area contributed by atoms with Crippen molar-refractivity contribution in [3.05, 3.63) is 41.3 Å². The number of aryl methyl sites for hydroxylation is 1. The van der Waals surface area contributed by atoms with Crippen molar-refractivity contribution in [1.82, 2.24) is 9.55 Å². The lowest BCUT2D eigenvalue weighted by Crippen LogP contribution is -2.16. The van der Waals surface area contributed by atoms with Crippen molar-refractivity contribution in [2.24, 2.45) is 5.92 Å². The fourth-order valence-corrected chi connectivity index (χ4v) is 2.62. The molecule has 1 aliphatic heterocycles. The molecular formula is C14H15ClN2. The second-order valence-corrected chi connectivity index (χ2v) is 5.22. The number of benzene rings is 1. The van der Waals surface area contributed by atoms with Crippen molar-refractivity contribution < 1.29 is 0 Å². The molecule has 88 valence electrons. The van der Waals surface area contributed by atoms with Gasteiger partial charge in [-0.15, -0.1) is 0 Å². The molecule has 0 bridgehead atoms. The van der Waals surface area contributed by atoms with Crippen LogP contribution in [-0.4, -0.2) is 9.55 Å². The molecule has 1 aromatic carbocycles. The predicted molar refractivity (Wildman–Crippen MR) is 70.2 cm³/mol. The Labute approximate surface area is 106 Å². The van der Waals surface area contributed by atoms with Crippen molar-refractivity contribution >= 4 is 11.6 Å². The first-order chi connectivity index (χ1) is 8.24. The summed E-state index contributed by atoms with van der Waals surface area (Å²) < 4.78 is 2.26. The Hall–Kier alpha value is -1.28. The Bertz CT molecular complexity index is 545. The van der Waals surface area contributed by atoms with Gasteiger partial charge in [0.2, 0.25) is 0 Å². The average molecular weight is 247 g/mol. The van der Waals surface area contributed by atoms with E-state index in [9.17, 15) is 0 Å². The smallest absolute Gasteiger partial charge is 0.109 e.